The molecule has 0 saturated carbocycles. The Kier molecular flexibility index (Phi) is 5.10. The number of amides is 2. The smallest absolute Gasteiger partial charge is 0.254 e. The summed E-state index contributed by atoms with van der Waals surface area (Å²) in [5.41, 5.74) is 1.58. The van der Waals surface area contributed by atoms with Crippen LogP contribution in [-0.2, 0) is 21.1 Å². The fourth-order valence-corrected chi connectivity index (χ4v) is 5.98. The average molecular weight is 378 g/mol. The summed E-state index contributed by atoms with van der Waals surface area (Å²) in [6.07, 6.45) is 0.736. The van der Waals surface area contributed by atoms with Crippen LogP contribution in [0.4, 0.5) is 0 Å². The van der Waals surface area contributed by atoms with E-state index in [1.165, 1.54) is 0 Å². The molecule has 2 saturated heterocycles. The van der Waals surface area contributed by atoms with Crippen LogP contribution in [0.3, 0.4) is 0 Å². The Morgan fingerprint density at radius 2 is 1.65 bits per heavy atom. The fraction of sp³-hybridized carbons (Fsp3) is 0.579. The fourth-order valence-electron chi connectivity index (χ4n) is 4.00. The Bertz CT molecular complexity index is 819. The molecule has 0 bridgehead atoms. The molecule has 2 atom stereocenters. The van der Waals surface area contributed by atoms with Gasteiger partial charge in [-0.2, -0.15) is 0 Å². The molecule has 0 aromatic heterocycles. The number of carbonyl (C=O) groups excluding carboxylic acids is 2. The first kappa shape index (κ1) is 18.9. The third-order valence-corrected chi connectivity index (χ3v) is 7.04. The van der Waals surface area contributed by atoms with Gasteiger partial charge in [0.15, 0.2) is 9.84 Å². The Morgan fingerprint density at radius 3 is 2.27 bits per heavy atom. The first-order valence-corrected chi connectivity index (χ1v) is 11.0. The standard InChI is InChI=1S/C19H26N2O4S/c1-4-14-7-5-6-8-15(14)19(23)21-10-9-20(18(22)13(2)3)16-11-26(24,25)12-17(16)21/h5-8,13,16-17H,4,9-12H2,1-3H3. The van der Waals surface area contributed by atoms with Gasteiger partial charge in [-0.15, -0.1) is 0 Å². The highest BCUT2D eigenvalue weighted by molar-refractivity contribution is 7.91. The van der Waals surface area contributed by atoms with Crippen LogP contribution in [0.2, 0.25) is 0 Å². The van der Waals surface area contributed by atoms with Crippen LogP contribution in [0, 0.1) is 5.92 Å². The molecule has 2 aliphatic rings. The first-order chi connectivity index (χ1) is 12.2. The zero-order valence-electron chi connectivity index (χ0n) is 15.5. The average Bonchev–Trinajstić information content (AvgIpc) is 2.94. The second-order valence-electron chi connectivity index (χ2n) is 7.41. The van der Waals surface area contributed by atoms with Crippen molar-refractivity contribution in [1.29, 1.82) is 0 Å². The van der Waals surface area contributed by atoms with Gasteiger partial charge in [0.05, 0.1) is 23.6 Å². The van der Waals surface area contributed by atoms with Gasteiger partial charge >= 0.3 is 0 Å². The Balaban J connectivity index is 1.93. The highest BCUT2D eigenvalue weighted by atomic mass is 32.2. The number of benzene rings is 1. The molecule has 3 rings (SSSR count). The van der Waals surface area contributed by atoms with E-state index in [1.807, 2.05) is 39.0 Å². The normalized spacial score (nSPS) is 24.6. The molecule has 0 N–H and O–H groups in total. The third-order valence-electron chi connectivity index (χ3n) is 5.34. The SMILES string of the molecule is CCc1ccccc1C(=O)N1CCN(C(=O)C(C)C)C2CS(=O)(=O)CC21. The number of aryl methyl sites for hydroxylation is 1. The van der Waals surface area contributed by atoms with Gasteiger partial charge in [-0.3, -0.25) is 9.59 Å². The van der Waals surface area contributed by atoms with E-state index in [0.29, 0.717) is 18.7 Å². The number of hydrogen-bond donors (Lipinski definition) is 0. The van der Waals surface area contributed by atoms with Crippen molar-refractivity contribution in [2.24, 2.45) is 5.92 Å². The summed E-state index contributed by atoms with van der Waals surface area (Å²) in [5.74, 6) is -0.499. The van der Waals surface area contributed by atoms with Gasteiger partial charge in [0.25, 0.3) is 5.91 Å². The predicted octanol–water partition coefficient (Wildman–Crippen LogP) is 1.36. The number of sulfone groups is 1. The lowest BCUT2D eigenvalue weighted by molar-refractivity contribution is -0.139. The van der Waals surface area contributed by atoms with Crippen LogP contribution in [-0.4, -0.2) is 66.7 Å². The number of piperazine rings is 1. The van der Waals surface area contributed by atoms with Crippen LogP contribution in [0.5, 0.6) is 0 Å². The molecule has 0 aliphatic carbocycles. The number of fused-ring (bicyclic) bond motifs is 1. The molecule has 7 heteroatoms. The number of nitrogens with zero attached hydrogens (tertiary/aromatic N) is 2. The Hall–Kier alpha value is -1.89. The van der Waals surface area contributed by atoms with E-state index in [9.17, 15) is 18.0 Å². The van der Waals surface area contributed by atoms with Gasteiger partial charge < -0.3 is 9.80 Å². The summed E-state index contributed by atoms with van der Waals surface area (Å²) in [5, 5.41) is 0. The van der Waals surface area contributed by atoms with Crippen LogP contribution < -0.4 is 0 Å². The van der Waals surface area contributed by atoms with E-state index in [0.717, 1.165) is 12.0 Å². The quantitative estimate of drug-likeness (QED) is 0.796. The molecule has 1 aromatic carbocycles. The van der Waals surface area contributed by atoms with Crippen molar-refractivity contribution in [3.63, 3.8) is 0 Å². The van der Waals surface area contributed by atoms with E-state index in [4.69, 9.17) is 0 Å². The minimum Gasteiger partial charge on any atom is -0.335 e. The molecule has 142 valence electrons. The van der Waals surface area contributed by atoms with Crippen molar-refractivity contribution in [3.05, 3.63) is 35.4 Å². The number of hydrogen-bond acceptors (Lipinski definition) is 4. The molecule has 0 spiro atoms. The highest BCUT2D eigenvalue weighted by Gasteiger charge is 2.49. The van der Waals surface area contributed by atoms with Crippen LogP contribution >= 0.6 is 0 Å². The largest absolute Gasteiger partial charge is 0.335 e. The maximum Gasteiger partial charge on any atom is 0.254 e. The first-order valence-electron chi connectivity index (χ1n) is 9.15. The molecule has 6 nitrogen and oxygen atoms in total. The second-order valence-corrected chi connectivity index (χ2v) is 9.56. The molecule has 2 amide bonds. The molecule has 2 unspecified atom stereocenters. The third kappa shape index (κ3) is 3.37. The Labute approximate surface area is 155 Å². The van der Waals surface area contributed by atoms with Crippen molar-refractivity contribution in [1.82, 2.24) is 9.80 Å². The summed E-state index contributed by atoms with van der Waals surface area (Å²) >= 11 is 0. The maximum absolute atomic E-state index is 13.2. The van der Waals surface area contributed by atoms with Gasteiger partial charge in [0, 0.05) is 24.6 Å². The predicted molar refractivity (Wildman–Crippen MR) is 99.6 cm³/mol. The van der Waals surface area contributed by atoms with Gasteiger partial charge in [0.2, 0.25) is 5.91 Å². The van der Waals surface area contributed by atoms with Crippen LogP contribution in [0.1, 0.15) is 36.7 Å². The minimum absolute atomic E-state index is 0.0434. The van der Waals surface area contributed by atoms with Crippen LogP contribution in [0.15, 0.2) is 24.3 Å². The lowest BCUT2D eigenvalue weighted by Crippen LogP contribution is -2.62. The van der Waals surface area contributed by atoms with E-state index in [2.05, 4.69) is 0 Å². The summed E-state index contributed by atoms with van der Waals surface area (Å²) in [7, 11) is -3.27. The maximum atomic E-state index is 13.2. The van der Waals surface area contributed by atoms with E-state index in [1.54, 1.807) is 15.9 Å². The number of rotatable bonds is 3. The van der Waals surface area contributed by atoms with Crippen molar-refractivity contribution in [2.75, 3.05) is 24.6 Å². The lowest BCUT2D eigenvalue weighted by Gasteiger charge is -2.44. The molecule has 2 aliphatic heterocycles. The highest BCUT2D eigenvalue weighted by Crippen LogP contribution is 2.29. The van der Waals surface area contributed by atoms with Gasteiger partial charge in [-0.1, -0.05) is 39.0 Å². The van der Waals surface area contributed by atoms with Crippen molar-refractivity contribution in [3.8, 4) is 0 Å². The topological polar surface area (TPSA) is 74.8 Å². The van der Waals surface area contributed by atoms with Crippen LogP contribution in [0.25, 0.3) is 0 Å². The van der Waals surface area contributed by atoms with E-state index < -0.39 is 21.9 Å². The molecule has 1 aromatic rings. The van der Waals surface area contributed by atoms with Gasteiger partial charge in [0.1, 0.15) is 0 Å². The minimum atomic E-state index is -3.27. The molecule has 2 heterocycles. The molecular formula is C19H26N2O4S. The van der Waals surface area contributed by atoms with Gasteiger partial charge in [-0.25, -0.2) is 8.42 Å². The van der Waals surface area contributed by atoms with Crippen molar-refractivity contribution in [2.45, 2.75) is 39.3 Å². The second kappa shape index (κ2) is 7.02. The summed E-state index contributed by atoms with van der Waals surface area (Å²) in [4.78, 5) is 29.0. The summed E-state index contributed by atoms with van der Waals surface area (Å²) in [6.45, 7) is 6.37. The van der Waals surface area contributed by atoms with E-state index >= 15 is 0 Å². The monoisotopic (exact) mass is 378 g/mol. The zero-order valence-corrected chi connectivity index (χ0v) is 16.3. The Morgan fingerprint density at radius 1 is 1.08 bits per heavy atom. The molecule has 2 fully saturated rings. The number of carbonyl (C=O) groups is 2. The molecular weight excluding hydrogens is 352 g/mol. The van der Waals surface area contributed by atoms with Crippen molar-refractivity contribution >= 4 is 21.7 Å². The zero-order chi connectivity index (χ0) is 19.1. The molecule has 0 radical (unpaired) electrons. The summed E-state index contributed by atoms with van der Waals surface area (Å²) in [6, 6.07) is 6.54. The lowest BCUT2D eigenvalue weighted by atomic mass is 9.99. The van der Waals surface area contributed by atoms with E-state index in [-0.39, 0.29) is 29.2 Å². The summed E-state index contributed by atoms with van der Waals surface area (Å²) < 4.78 is 24.6. The molecule has 26 heavy (non-hydrogen) atoms. The van der Waals surface area contributed by atoms with Gasteiger partial charge in [-0.05, 0) is 18.1 Å². The van der Waals surface area contributed by atoms with Crippen molar-refractivity contribution < 1.29 is 18.0 Å².